The van der Waals surface area contributed by atoms with Crippen molar-refractivity contribution in [3.05, 3.63) is 0 Å². The molecular weight excluding hydrogens is 218 g/mol. The molecular formula is C13H29NO3. The van der Waals surface area contributed by atoms with Crippen molar-refractivity contribution in [2.24, 2.45) is 5.92 Å². The highest BCUT2D eigenvalue weighted by Gasteiger charge is 2.13. The van der Waals surface area contributed by atoms with Crippen molar-refractivity contribution in [2.45, 2.75) is 52.9 Å². The fraction of sp³-hybridized carbons (Fsp3) is 1.00. The van der Waals surface area contributed by atoms with Crippen LogP contribution in [0.2, 0.25) is 0 Å². The van der Waals surface area contributed by atoms with Gasteiger partial charge in [-0.05, 0) is 26.2 Å². The number of nitrogens with one attached hydrogen (secondary N) is 1. The summed E-state index contributed by atoms with van der Waals surface area (Å²) in [7, 11) is 0. The van der Waals surface area contributed by atoms with E-state index in [2.05, 4.69) is 19.2 Å². The van der Waals surface area contributed by atoms with Crippen LogP contribution in [0.15, 0.2) is 0 Å². The summed E-state index contributed by atoms with van der Waals surface area (Å²) in [6, 6.07) is 0.365. The number of rotatable bonds is 11. The standard InChI is InChI=1S/C13H29NO3/c1-5-16-13(17-6-2)7-9-14-12(8-10-15)11(3)4/h11-15H,5-10H2,1-4H3. The van der Waals surface area contributed by atoms with Crippen molar-refractivity contribution >= 4 is 0 Å². The summed E-state index contributed by atoms with van der Waals surface area (Å²) in [6.07, 6.45) is 1.53. The second-order valence-corrected chi connectivity index (χ2v) is 4.45. The van der Waals surface area contributed by atoms with Crippen molar-refractivity contribution in [3.63, 3.8) is 0 Å². The molecule has 2 N–H and O–H groups in total. The fourth-order valence-electron chi connectivity index (χ4n) is 1.78. The number of ether oxygens (including phenoxy) is 2. The average Bonchev–Trinajstić information content (AvgIpc) is 2.28. The average molecular weight is 247 g/mol. The first-order valence-electron chi connectivity index (χ1n) is 6.73. The van der Waals surface area contributed by atoms with Gasteiger partial charge in [0.2, 0.25) is 0 Å². The predicted molar refractivity (Wildman–Crippen MR) is 70.0 cm³/mol. The third-order valence-electron chi connectivity index (χ3n) is 2.74. The molecule has 0 aliphatic rings. The first-order chi connectivity index (χ1) is 8.15. The quantitative estimate of drug-likeness (QED) is 0.546. The lowest BCUT2D eigenvalue weighted by Crippen LogP contribution is -2.37. The number of aliphatic hydroxyl groups is 1. The number of hydrogen-bond acceptors (Lipinski definition) is 4. The first kappa shape index (κ1) is 16.8. The third-order valence-corrected chi connectivity index (χ3v) is 2.74. The van der Waals surface area contributed by atoms with E-state index in [1.807, 2.05) is 13.8 Å². The van der Waals surface area contributed by atoms with Crippen molar-refractivity contribution in [2.75, 3.05) is 26.4 Å². The Morgan fingerprint density at radius 1 is 1.06 bits per heavy atom. The zero-order valence-corrected chi connectivity index (χ0v) is 11.7. The first-order valence-corrected chi connectivity index (χ1v) is 6.73. The molecule has 17 heavy (non-hydrogen) atoms. The molecule has 0 aromatic rings. The Hall–Kier alpha value is -0.160. The van der Waals surface area contributed by atoms with E-state index in [1.54, 1.807) is 0 Å². The number of aliphatic hydroxyl groups excluding tert-OH is 1. The van der Waals surface area contributed by atoms with E-state index in [4.69, 9.17) is 14.6 Å². The van der Waals surface area contributed by atoms with Crippen LogP contribution in [0.4, 0.5) is 0 Å². The monoisotopic (exact) mass is 247 g/mol. The molecule has 104 valence electrons. The third kappa shape index (κ3) is 8.55. The van der Waals surface area contributed by atoms with Crippen LogP contribution in [0.25, 0.3) is 0 Å². The van der Waals surface area contributed by atoms with Crippen molar-refractivity contribution in [1.29, 1.82) is 0 Å². The van der Waals surface area contributed by atoms with E-state index >= 15 is 0 Å². The molecule has 0 spiro atoms. The minimum absolute atomic E-state index is 0.112. The highest BCUT2D eigenvalue weighted by atomic mass is 16.7. The van der Waals surface area contributed by atoms with Crippen molar-refractivity contribution in [1.82, 2.24) is 5.32 Å². The molecule has 0 aliphatic heterocycles. The molecule has 0 rings (SSSR count). The van der Waals surface area contributed by atoms with E-state index in [0.717, 1.165) is 19.4 Å². The second-order valence-electron chi connectivity index (χ2n) is 4.45. The topological polar surface area (TPSA) is 50.7 Å². The fourth-order valence-corrected chi connectivity index (χ4v) is 1.78. The van der Waals surface area contributed by atoms with Gasteiger partial charge in [-0.2, -0.15) is 0 Å². The molecule has 0 saturated carbocycles. The molecule has 0 amide bonds. The van der Waals surface area contributed by atoms with Gasteiger partial charge in [0.1, 0.15) is 0 Å². The molecule has 1 atom stereocenters. The molecule has 0 radical (unpaired) electrons. The van der Waals surface area contributed by atoms with Crippen LogP contribution in [0.1, 0.15) is 40.5 Å². The van der Waals surface area contributed by atoms with Crippen LogP contribution in [0.3, 0.4) is 0 Å². The molecule has 1 unspecified atom stereocenters. The van der Waals surface area contributed by atoms with Crippen LogP contribution in [-0.4, -0.2) is 43.8 Å². The molecule has 0 aromatic carbocycles. The highest BCUT2D eigenvalue weighted by Crippen LogP contribution is 2.06. The van der Waals surface area contributed by atoms with Crippen LogP contribution in [-0.2, 0) is 9.47 Å². The molecule has 0 fully saturated rings. The predicted octanol–water partition coefficient (Wildman–Crippen LogP) is 1.77. The zero-order valence-electron chi connectivity index (χ0n) is 11.7. The molecule has 4 nitrogen and oxygen atoms in total. The summed E-state index contributed by atoms with van der Waals surface area (Å²) in [5.41, 5.74) is 0. The van der Waals surface area contributed by atoms with Crippen LogP contribution in [0.5, 0.6) is 0 Å². The zero-order chi connectivity index (χ0) is 13.1. The highest BCUT2D eigenvalue weighted by molar-refractivity contribution is 4.70. The van der Waals surface area contributed by atoms with Crippen molar-refractivity contribution < 1.29 is 14.6 Å². The Bertz CT molecular complexity index is 159. The summed E-state index contributed by atoms with van der Waals surface area (Å²) in [6.45, 7) is 10.7. The van der Waals surface area contributed by atoms with Gasteiger partial charge in [-0.3, -0.25) is 0 Å². The normalized spacial score (nSPS) is 13.6. The van der Waals surface area contributed by atoms with Gasteiger partial charge < -0.3 is 19.9 Å². The Morgan fingerprint density at radius 2 is 1.65 bits per heavy atom. The molecule has 0 saturated heterocycles. The van der Waals surface area contributed by atoms with E-state index in [0.29, 0.717) is 25.2 Å². The van der Waals surface area contributed by atoms with E-state index in [1.165, 1.54) is 0 Å². The van der Waals surface area contributed by atoms with Gasteiger partial charge in [0, 0.05) is 38.8 Å². The Kier molecular flexibility index (Phi) is 10.9. The summed E-state index contributed by atoms with van der Waals surface area (Å²) in [5, 5.41) is 12.4. The van der Waals surface area contributed by atoms with Crippen LogP contribution >= 0.6 is 0 Å². The van der Waals surface area contributed by atoms with E-state index in [-0.39, 0.29) is 12.9 Å². The largest absolute Gasteiger partial charge is 0.396 e. The molecule has 0 bridgehead atoms. The Morgan fingerprint density at radius 3 is 2.06 bits per heavy atom. The van der Waals surface area contributed by atoms with Gasteiger partial charge in [-0.25, -0.2) is 0 Å². The molecule has 4 heteroatoms. The molecule has 0 aromatic heterocycles. The summed E-state index contributed by atoms with van der Waals surface area (Å²) < 4.78 is 10.9. The lowest BCUT2D eigenvalue weighted by molar-refractivity contribution is -0.138. The lowest BCUT2D eigenvalue weighted by atomic mass is 10.0. The Balaban J connectivity index is 3.82. The number of hydrogen-bond donors (Lipinski definition) is 2. The minimum atomic E-state index is -0.112. The van der Waals surface area contributed by atoms with Gasteiger partial charge >= 0.3 is 0 Å². The van der Waals surface area contributed by atoms with E-state index < -0.39 is 0 Å². The maximum atomic E-state index is 8.97. The summed E-state index contributed by atoms with van der Waals surface area (Å²) in [5.74, 6) is 0.528. The van der Waals surface area contributed by atoms with Gasteiger partial charge in [0.15, 0.2) is 6.29 Å². The van der Waals surface area contributed by atoms with Gasteiger partial charge in [-0.15, -0.1) is 0 Å². The van der Waals surface area contributed by atoms with Gasteiger partial charge in [0.05, 0.1) is 0 Å². The van der Waals surface area contributed by atoms with Crippen molar-refractivity contribution in [3.8, 4) is 0 Å². The lowest BCUT2D eigenvalue weighted by Gasteiger charge is -2.23. The molecule has 0 aliphatic carbocycles. The van der Waals surface area contributed by atoms with Gasteiger partial charge in [0.25, 0.3) is 0 Å². The van der Waals surface area contributed by atoms with E-state index in [9.17, 15) is 0 Å². The smallest absolute Gasteiger partial charge is 0.158 e. The summed E-state index contributed by atoms with van der Waals surface area (Å²) >= 11 is 0. The van der Waals surface area contributed by atoms with Gasteiger partial charge in [-0.1, -0.05) is 13.8 Å². The maximum Gasteiger partial charge on any atom is 0.158 e. The van der Waals surface area contributed by atoms with Crippen LogP contribution < -0.4 is 5.32 Å². The Labute approximate surface area is 106 Å². The molecule has 0 heterocycles. The summed E-state index contributed by atoms with van der Waals surface area (Å²) in [4.78, 5) is 0. The minimum Gasteiger partial charge on any atom is -0.396 e. The SMILES string of the molecule is CCOC(CCNC(CCO)C(C)C)OCC. The van der Waals surface area contributed by atoms with Crippen LogP contribution in [0, 0.1) is 5.92 Å². The second kappa shape index (κ2) is 11.0. The maximum absolute atomic E-state index is 8.97.